The fourth-order valence-corrected chi connectivity index (χ4v) is 3.35. The van der Waals surface area contributed by atoms with E-state index in [0.717, 1.165) is 25.7 Å². The van der Waals surface area contributed by atoms with Crippen molar-refractivity contribution in [1.82, 2.24) is 20.5 Å². The maximum absolute atomic E-state index is 12.1. The predicted octanol–water partition coefficient (Wildman–Crippen LogP) is 2.18. The number of nitrogens with one attached hydrogen (secondary N) is 2. The highest BCUT2D eigenvalue weighted by Gasteiger charge is 2.25. The molecule has 1 saturated carbocycles. The van der Waals surface area contributed by atoms with Gasteiger partial charge in [-0.2, -0.15) is 5.10 Å². The molecular formula is C19H26N4O4. The zero-order valence-corrected chi connectivity index (χ0v) is 15.9. The van der Waals surface area contributed by atoms with Gasteiger partial charge in [0.25, 0.3) is 0 Å². The van der Waals surface area contributed by atoms with Crippen molar-refractivity contribution in [3.05, 3.63) is 29.8 Å². The lowest BCUT2D eigenvalue weighted by Crippen LogP contribution is -2.40. The predicted molar refractivity (Wildman–Crippen MR) is 99.2 cm³/mol. The van der Waals surface area contributed by atoms with Gasteiger partial charge in [-0.25, -0.2) is 4.98 Å². The van der Waals surface area contributed by atoms with Crippen LogP contribution in [0.2, 0.25) is 0 Å². The lowest BCUT2D eigenvalue weighted by atomic mass is 9.92. The SMILES string of the molecule is COc1cccc(OC2CCC(NC(=O)Cc3n[nH]c(C)n3)CC2)c1OC. The summed E-state index contributed by atoms with van der Waals surface area (Å²) in [5, 5.41) is 9.82. The molecule has 1 aliphatic carbocycles. The molecule has 0 unspecified atom stereocenters. The first-order valence-electron chi connectivity index (χ1n) is 9.14. The summed E-state index contributed by atoms with van der Waals surface area (Å²) in [5.74, 6) is 3.13. The van der Waals surface area contributed by atoms with Crippen molar-refractivity contribution in [2.45, 2.75) is 51.2 Å². The molecule has 0 saturated heterocycles. The number of carbonyl (C=O) groups excluding carboxylic acids is 1. The normalized spacial score (nSPS) is 19.4. The highest BCUT2D eigenvalue weighted by atomic mass is 16.5. The van der Waals surface area contributed by atoms with Crippen molar-refractivity contribution >= 4 is 5.91 Å². The molecule has 2 N–H and O–H groups in total. The number of amides is 1. The number of nitrogens with zero attached hydrogens (tertiary/aromatic N) is 2. The quantitative estimate of drug-likeness (QED) is 0.771. The fourth-order valence-electron chi connectivity index (χ4n) is 3.35. The van der Waals surface area contributed by atoms with Crippen LogP contribution in [0.5, 0.6) is 17.2 Å². The molecule has 0 spiro atoms. The summed E-state index contributed by atoms with van der Waals surface area (Å²) in [6.45, 7) is 1.81. The van der Waals surface area contributed by atoms with Crippen LogP contribution in [0, 0.1) is 6.92 Å². The van der Waals surface area contributed by atoms with Gasteiger partial charge in [0.2, 0.25) is 11.7 Å². The number of aryl methyl sites for hydroxylation is 1. The fraction of sp³-hybridized carbons (Fsp3) is 0.526. The Morgan fingerprint density at radius 1 is 1.19 bits per heavy atom. The molecule has 2 aromatic rings. The van der Waals surface area contributed by atoms with Crippen LogP contribution in [0.3, 0.4) is 0 Å². The third-order valence-electron chi connectivity index (χ3n) is 4.66. The number of methoxy groups -OCH3 is 2. The van der Waals surface area contributed by atoms with E-state index in [1.807, 2.05) is 25.1 Å². The van der Waals surface area contributed by atoms with Gasteiger partial charge in [0.1, 0.15) is 5.82 Å². The molecule has 146 valence electrons. The molecule has 0 radical (unpaired) electrons. The van der Waals surface area contributed by atoms with Gasteiger partial charge in [-0.3, -0.25) is 9.89 Å². The zero-order chi connectivity index (χ0) is 19.2. The van der Waals surface area contributed by atoms with Gasteiger partial charge in [0, 0.05) is 6.04 Å². The zero-order valence-electron chi connectivity index (χ0n) is 15.9. The van der Waals surface area contributed by atoms with Crippen LogP contribution in [0.4, 0.5) is 0 Å². The Hall–Kier alpha value is -2.77. The molecule has 1 fully saturated rings. The summed E-state index contributed by atoms with van der Waals surface area (Å²) >= 11 is 0. The van der Waals surface area contributed by atoms with Crippen molar-refractivity contribution in [3.63, 3.8) is 0 Å². The minimum Gasteiger partial charge on any atom is -0.493 e. The van der Waals surface area contributed by atoms with Crippen LogP contribution in [-0.2, 0) is 11.2 Å². The monoisotopic (exact) mass is 374 g/mol. The van der Waals surface area contributed by atoms with Crippen LogP contribution in [0.25, 0.3) is 0 Å². The van der Waals surface area contributed by atoms with E-state index in [1.54, 1.807) is 14.2 Å². The highest BCUT2D eigenvalue weighted by Crippen LogP contribution is 2.38. The molecule has 1 aromatic heterocycles. The number of hydrogen-bond donors (Lipinski definition) is 2. The first-order chi connectivity index (χ1) is 13.1. The Morgan fingerprint density at radius 2 is 1.93 bits per heavy atom. The lowest BCUT2D eigenvalue weighted by Gasteiger charge is -2.30. The van der Waals surface area contributed by atoms with Gasteiger partial charge in [-0.1, -0.05) is 6.07 Å². The number of benzene rings is 1. The Labute approximate surface area is 158 Å². The minimum atomic E-state index is -0.0483. The molecule has 0 bridgehead atoms. The Morgan fingerprint density at radius 3 is 2.56 bits per heavy atom. The standard InChI is InChI=1S/C19H26N4O4/c1-12-20-17(23-22-12)11-18(24)21-13-7-9-14(10-8-13)27-16-6-4-5-15(25-2)19(16)26-3/h4-6,13-14H,7-11H2,1-3H3,(H,21,24)(H,20,22,23). The second-order valence-corrected chi connectivity index (χ2v) is 6.66. The smallest absolute Gasteiger partial charge is 0.227 e. The third-order valence-corrected chi connectivity index (χ3v) is 4.66. The topological polar surface area (TPSA) is 98.4 Å². The van der Waals surface area contributed by atoms with Gasteiger partial charge in [-0.05, 0) is 44.7 Å². The number of rotatable bonds is 7. The van der Waals surface area contributed by atoms with Crippen molar-refractivity contribution in [1.29, 1.82) is 0 Å². The van der Waals surface area contributed by atoms with Gasteiger partial charge < -0.3 is 19.5 Å². The summed E-state index contributed by atoms with van der Waals surface area (Å²) in [5.41, 5.74) is 0. The third kappa shape index (κ3) is 4.90. The average molecular weight is 374 g/mol. The van der Waals surface area contributed by atoms with Crippen molar-refractivity contribution < 1.29 is 19.0 Å². The number of carbonyl (C=O) groups is 1. The maximum Gasteiger partial charge on any atom is 0.227 e. The van der Waals surface area contributed by atoms with Crippen molar-refractivity contribution in [2.24, 2.45) is 0 Å². The lowest BCUT2D eigenvalue weighted by molar-refractivity contribution is -0.121. The molecule has 1 heterocycles. The van der Waals surface area contributed by atoms with Crippen LogP contribution in [0.15, 0.2) is 18.2 Å². The minimum absolute atomic E-state index is 0.0483. The average Bonchev–Trinajstić information content (AvgIpc) is 3.07. The van der Waals surface area contributed by atoms with E-state index < -0.39 is 0 Å². The molecule has 8 nitrogen and oxygen atoms in total. The second-order valence-electron chi connectivity index (χ2n) is 6.66. The summed E-state index contributed by atoms with van der Waals surface area (Å²) in [7, 11) is 3.21. The van der Waals surface area contributed by atoms with Crippen molar-refractivity contribution in [2.75, 3.05) is 14.2 Å². The highest BCUT2D eigenvalue weighted by molar-refractivity contribution is 5.78. The Kier molecular flexibility index (Phi) is 6.16. The summed E-state index contributed by atoms with van der Waals surface area (Å²) in [4.78, 5) is 16.3. The number of aromatic amines is 1. The van der Waals surface area contributed by atoms with Gasteiger partial charge >= 0.3 is 0 Å². The second kappa shape index (κ2) is 8.75. The van der Waals surface area contributed by atoms with Gasteiger partial charge in [-0.15, -0.1) is 0 Å². The van der Waals surface area contributed by atoms with Gasteiger partial charge in [0.15, 0.2) is 17.3 Å². The first-order valence-corrected chi connectivity index (χ1v) is 9.14. The van der Waals surface area contributed by atoms with Crippen LogP contribution in [-0.4, -0.2) is 47.5 Å². The van der Waals surface area contributed by atoms with E-state index in [1.165, 1.54) is 0 Å². The number of para-hydroxylation sites is 1. The summed E-state index contributed by atoms with van der Waals surface area (Å²) < 4.78 is 16.9. The molecule has 1 aliphatic rings. The van der Waals surface area contributed by atoms with Crippen LogP contribution >= 0.6 is 0 Å². The maximum atomic E-state index is 12.1. The molecular weight excluding hydrogens is 348 g/mol. The van der Waals surface area contributed by atoms with E-state index in [2.05, 4.69) is 20.5 Å². The van der Waals surface area contributed by atoms with Crippen LogP contribution < -0.4 is 19.5 Å². The Bertz CT molecular complexity index is 769. The van der Waals surface area contributed by atoms with E-state index in [9.17, 15) is 4.79 Å². The molecule has 27 heavy (non-hydrogen) atoms. The number of ether oxygens (including phenoxy) is 3. The Balaban J connectivity index is 1.48. The molecule has 8 heteroatoms. The molecule has 3 rings (SSSR count). The van der Waals surface area contributed by atoms with E-state index in [-0.39, 0.29) is 24.5 Å². The number of H-pyrrole nitrogens is 1. The van der Waals surface area contributed by atoms with E-state index in [0.29, 0.717) is 28.9 Å². The van der Waals surface area contributed by atoms with E-state index in [4.69, 9.17) is 14.2 Å². The summed E-state index contributed by atoms with van der Waals surface area (Å²) in [6, 6.07) is 5.76. The van der Waals surface area contributed by atoms with Crippen LogP contribution in [0.1, 0.15) is 37.3 Å². The molecule has 1 aromatic carbocycles. The molecule has 0 atom stereocenters. The number of hydrogen-bond acceptors (Lipinski definition) is 6. The first kappa shape index (κ1) is 19.0. The van der Waals surface area contributed by atoms with Gasteiger partial charge in [0.05, 0.1) is 26.7 Å². The largest absolute Gasteiger partial charge is 0.493 e. The van der Waals surface area contributed by atoms with E-state index >= 15 is 0 Å². The molecule has 1 amide bonds. The van der Waals surface area contributed by atoms with Crippen molar-refractivity contribution in [3.8, 4) is 17.2 Å². The summed E-state index contributed by atoms with van der Waals surface area (Å²) in [6.07, 6.45) is 3.76. The molecule has 0 aliphatic heterocycles. The number of aromatic nitrogens is 3.